The molecule has 3 aliphatic rings. The lowest BCUT2D eigenvalue weighted by atomic mass is 9.75. The highest BCUT2D eigenvalue weighted by Crippen LogP contribution is 2.51. The fraction of sp³-hybridized carbons (Fsp3) is 1.00. The van der Waals surface area contributed by atoms with Crippen LogP contribution in [0, 0.1) is 5.92 Å². The number of hydrogen-bond donors (Lipinski definition) is 3. The number of aliphatic hydroxyl groups excluding tert-OH is 3. The van der Waals surface area contributed by atoms with Gasteiger partial charge in [0.15, 0.2) is 0 Å². The largest absolute Gasteiger partial charge is 0.393 e. The molecule has 0 unspecified atom stereocenters. The lowest BCUT2D eigenvalue weighted by Crippen LogP contribution is -2.59. The zero-order valence-corrected chi connectivity index (χ0v) is 12.8. The Kier molecular flexibility index (Phi) is 4.58. The second-order valence-corrected chi connectivity index (χ2v) is 7.01. The molecule has 5 nitrogen and oxygen atoms in total. The van der Waals surface area contributed by atoms with Crippen molar-refractivity contribution in [2.24, 2.45) is 5.92 Å². The predicted octanol–water partition coefficient (Wildman–Crippen LogP) is 1.33. The highest BCUT2D eigenvalue weighted by Gasteiger charge is 2.62. The smallest absolute Gasteiger partial charge is 0.200 e. The van der Waals surface area contributed by atoms with Gasteiger partial charge in [-0.1, -0.05) is 12.8 Å². The molecule has 1 spiro atoms. The van der Waals surface area contributed by atoms with Gasteiger partial charge >= 0.3 is 0 Å². The Bertz CT molecular complexity index is 361. The third-order valence-electron chi connectivity index (χ3n) is 5.39. The average molecular weight is 300 g/mol. The molecule has 0 aromatic rings. The van der Waals surface area contributed by atoms with E-state index in [1.54, 1.807) is 0 Å². The van der Waals surface area contributed by atoms with Crippen molar-refractivity contribution in [3.05, 3.63) is 0 Å². The molecule has 1 saturated carbocycles. The van der Waals surface area contributed by atoms with Gasteiger partial charge in [0.2, 0.25) is 5.79 Å². The van der Waals surface area contributed by atoms with Gasteiger partial charge < -0.3 is 24.8 Å². The maximum atomic E-state index is 10.4. The summed E-state index contributed by atoms with van der Waals surface area (Å²) >= 11 is 0. The quantitative estimate of drug-likeness (QED) is 0.668. The molecule has 2 saturated heterocycles. The van der Waals surface area contributed by atoms with E-state index in [0.717, 1.165) is 38.5 Å². The first-order valence-corrected chi connectivity index (χ1v) is 8.43. The summed E-state index contributed by atoms with van der Waals surface area (Å²) in [5, 5.41) is 29.9. The first-order chi connectivity index (χ1) is 10.0. The lowest BCUT2D eigenvalue weighted by Gasteiger charge is -2.47. The van der Waals surface area contributed by atoms with Crippen molar-refractivity contribution in [2.45, 2.75) is 94.6 Å². The minimum Gasteiger partial charge on any atom is -0.393 e. The van der Waals surface area contributed by atoms with Crippen LogP contribution in [0.15, 0.2) is 0 Å². The van der Waals surface area contributed by atoms with Crippen LogP contribution in [0.5, 0.6) is 0 Å². The molecule has 0 radical (unpaired) electrons. The van der Waals surface area contributed by atoms with Crippen molar-refractivity contribution in [1.82, 2.24) is 0 Å². The number of hydrogen-bond acceptors (Lipinski definition) is 5. The van der Waals surface area contributed by atoms with E-state index >= 15 is 0 Å². The molecule has 2 aliphatic heterocycles. The molecule has 7 atom stereocenters. The van der Waals surface area contributed by atoms with E-state index in [0.29, 0.717) is 12.8 Å². The van der Waals surface area contributed by atoms with Crippen LogP contribution < -0.4 is 0 Å². The Morgan fingerprint density at radius 1 is 1.10 bits per heavy atom. The van der Waals surface area contributed by atoms with Crippen molar-refractivity contribution >= 4 is 0 Å². The fourth-order valence-corrected chi connectivity index (χ4v) is 4.24. The number of rotatable bonds is 5. The van der Waals surface area contributed by atoms with Crippen molar-refractivity contribution in [3.63, 3.8) is 0 Å². The van der Waals surface area contributed by atoms with E-state index in [9.17, 15) is 15.3 Å². The monoisotopic (exact) mass is 300 g/mol. The SMILES string of the molecule is C[C@H](O)CCCC[C@@H]1O[C@]23O[C@H]1CC[C@H]2[C@@H](O)CC[C@H]3O. The maximum Gasteiger partial charge on any atom is 0.200 e. The van der Waals surface area contributed by atoms with Gasteiger partial charge in [0.05, 0.1) is 24.4 Å². The van der Waals surface area contributed by atoms with E-state index in [-0.39, 0.29) is 24.2 Å². The minimum absolute atomic E-state index is 0.0175. The summed E-state index contributed by atoms with van der Waals surface area (Å²) < 4.78 is 12.3. The van der Waals surface area contributed by atoms with Crippen LogP contribution >= 0.6 is 0 Å². The predicted molar refractivity (Wildman–Crippen MR) is 76.6 cm³/mol. The number of aliphatic hydroxyl groups is 3. The van der Waals surface area contributed by atoms with Crippen LogP contribution in [0.2, 0.25) is 0 Å². The van der Waals surface area contributed by atoms with E-state index < -0.39 is 18.0 Å². The van der Waals surface area contributed by atoms with Crippen LogP contribution in [0.1, 0.15) is 58.3 Å². The summed E-state index contributed by atoms with van der Waals surface area (Å²) in [6.07, 6.45) is 5.38. The molecule has 0 amide bonds. The van der Waals surface area contributed by atoms with Crippen LogP contribution in [0.3, 0.4) is 0 Å². The molecule has 2 heterocycles. The summed E-state index contributed by atoms with van der Waals surface area (Å²) in [7, 11) is 0. The average Bonchev–Trinajstić information content (AvgIpc) is 2.72. The molecule has 0 aromatic heterocycles. The highest BCUT2D eigenvalue weighted by atomic mass is 16.8. The summed E-state index contributed by atoms with van der Waals surface area (Å²) in [5.41, 5.74) is 0. The second-order valence-electron chi connectivity index (χ2n) is 7.01. The lowest BCUT2D eigenvalue weighted by molar-refractivity contribution is -0.307. The highest BCUT2D eigenvalue weighted by molar-refractivity contribution is 5.04. The summed E-state index contributed by atoms with van der Waals surface area (Å²) in [5.74, 6) is -1.06. The van der Waals surface area contributed by atoms with Crippen LogP contribution in [0.25, 0.3) is 0 Å². The summed E-state index contributed by atoms with van der Waals surface area (Å²) in [6, 6.07) is 0. The van der Waals surface area contributed by atoms with E-state index in [1.165, 1.54) is 0 Å². The van der Waals surface area contributed by atoms with Gasteiger partial charge in [-0.3, -0.25) is 0 Å². The van der Waals surface area contributed by atoms with Gasteiger partial charge in [-0.05, 0) is 45.4 Å². The Morgan fingerprint density at radius 2 is 1.90 bits per heavy atom. The maximum absolute atomic E-state index is 10.4. The van der Waals surface area contributed by atoms with E-state index in [4.69, 9.17) is 9.47 Å². The van der Waals surface area contributed by atoms with Gasteiger partial charge in [-0.25, -0.2) is 0 Å². The number of fused-ring (bicyclic) bond motifs is 1. The Labute approximate surface area is 126 Å². The normalized spacial score (nSPS) is 47.1. The molecular formula is C16H28O5. The molecule has 122 valence electrons. The van der Waals surface area contributed by atoms with Gasteiger partial charge in [0, 0.05) is 5.92 Å². The molecule has 0 aromatic carbocycles. The zero-order valence-electron chi connectivity index (χ0n) is 12.8. The third-order valence-corrected chi connectivity index (χ3v) is 5.39. The zero-order chi connectivity index (χ0) is 15.0. The van der Waals surface area contributed by atoms with Crippen LogP contribution in [0.4, 0.5) is 0 Å². The minimum atomic E-state index is -0.963. The van der Waals surface area contributed by atoms with Gasteiger partial charge in [0.25, 0.3) is 0 Å². The molecule has 21 heavy (non-hydrogen) atoms. The number of unbranched alkanes of at least 4 members (excludes halogenated alkanes) is 1. The molecule has 1 aliphatic carbocycles. The Hall–Kier alpha value is -0.200. The number of ether oxygens (including phenoxy) is 2. The van der Waals surface area contributed by atoms with Gasteiger partial charge in [-0.15, -0.1) is 0 Å². The van der Waals surface area contributed by atoms with Crippen molar-refractivity contribution in [3.8, 4) is 0 Å². The van der Waals surface area contributed by atoms with Crippen molar-refractivity contribution < 1.29 is 24.8 Å². The Morgan fingerprint density at radius 3 is 2.67 bits per heavy atom. The summed E-state index contributed by atoms with van der Waals surface area (Å²) in [6.45, 7) is 1.81. The van der Waals surface area contributed by atoms with Crippen molar-refractivity contribution in [2.75, 3.05) is 0 Å². The topological polar surface area (TPSA) is 79.2 Å². The van der Waals surface area contributed by atoms with Crippen LogP contribution in [-0.2, 0) is 9.47 Å². The van der Waals surface area contributed by atoms with E-state index in [1.807, 2.05) is 6.92 Å². The molecule has 3 N–H and O–H groups in total. The first-order valence-electron chi connectivity index (χ1n) is 8.43. The third kappa shape index (κ3) is 2.86. The summed E-state index contributed by atoms with van der Waals surface area (Å²) in [4.78, 5) is 0. The standard InChI is InChI=1S/C16H28O5/c1-10(17)4-2-3-5-13-14-8-6-11-12(18)7-9-15(19)16(11,20-13)21-14/h10-15,17-19H,2-9H2,1H3/t10-,11-,12-,13-,14-,15+,16-/m0/s1. The molecule has 5 heteroatoms. The second kappa shape index (κ2) is 6.13. The molecule has 2 bridgehead atoms. The van der Waals surface area contributed by atoms with Crippen molar-refractivity contribution in [1.29, 1.82) is 0 Å². The first kappa shape index (κ1) is 15.7. The molecular weight excluding hydrogens is 272 g/mol. The fourth-order valence-electron chi connectivity index (χ4n) is 4.24. The Balaban J connectivity index is 1.61. The van der Waals surface area contributed by atoms with Gasteiger partial charge in [0.1, 0.15) is 6.10 Å². The molecule has 3 fully saturated rings. The van der Waals surface area contributed by atoms with E-state index in [2.05, 4.69) is 0 Å². The van der Waals surface area contributed by atoms with Gasteiger partial charge in [-0.2, -0.15) is 0 Å². The van der Waals surface area contributed by atoms with Crippen LogP contribution in [-0.4, -0.2) is 51.6 Å². The molecule has 3 rings (SSSR count).